The molecule has 98 valence electrons. The molecule has 18 heavy (non-hydrogen) atoms. The first kappa shape index (κ1) is 14.5. The average Bonchev–Trinajstić information content (AvgIpc) is 2.33. The predicted octanol–water partition coefficient (Wildman–Crippen LogP) is 3.66. The number of hydrogen-bond donors (Lipinski definition) is 1. The second-order valence-electron chi connectivity index (χ2n) is 4.02. The molecular weight excluding hydrogens is 241 g/mol. The Morgan fingerprint density at radius 1 is 1.33 bits per heavy atom. The Morgan fingerprint density at radius 2 is 2.00 bits per heavy atom. The largest absolute Gasteiger partial charge is 0.416 e. The second-order valence-corrected chi connectivity index (χ2v) is 4.02. The van der Waals surface area contributed by atoms with Gasteiger partial charge in [-0.3, -0.25) is 0 Å². The van der Waals surface area contributed by atoms with E-state index in [0.29, 0.717) is 19.4 Å². The Kier molecular flexibility index (Phi) is 5.17. The Bertz CT molecular complexity index is 421. The molecule has 0 heterocycles. The van der Waals surface area contributed by atoms with Crippen LogP contribution in [0.5, 0.6) is 0 Å². The standard InChI is InChI=1S/C13H15F3N2/c1-10(18-9-5-4-8-17)11-6-2-3-7-12(11)13(14,15)16/h2-3,6-7,10,18H,4-5,9H2,1H3/t10-/m0/s1. The molecule has 0 aromatic heterocycles. The number of alkyl halides is 3. The first-order chi connectivity index (χ1) is 8.46. The van der Waals surface area contributed by atoms with E-state index in [0.717, 1.165) is 6.07 Å². The number of nitrogens with one attached hydrogen (secondary N) is 1. The lowest BCUT2D eigenvalue weighted by Gasteiger charge is -2.19. The van der Waals surface area contributed by atoms with E-state index >= 15 is 0 Å². The molecule has 0 amide bonds. The Morgan fingerprint density at radius 3 is 2.61 bits per heavy atom. The molecule has 0 saturated carbocycles. The highest BCUT2D eigenvalue weighted by atomic mass is 19.4. The Balaban J connectivity index is 2.74. The molecule has 0 unspecified atom stereocenters. The molecule has 2 nitrogen and oxygen atoms in total. The minimum Gasteiger partial charge on any atom is -0.310 e. The van der Waals surface area contributed by atoms with Gasteiger partial charge in [-0.15, -0.1) is 0 Å². The van der Waals surface area contributed by atoms with Gasteiger partial charge in [0.25, 0.3) is 0 Å². The zero-order valence-corrected chi connectivity index (χ0v) is 10.1. The van der Waals surface area contributed by atoms with Gasteiger partial charge in [0.2, 0.25) is 0 Å². The van der Waals surface area contributed by atoms with Gasteiger partial charge in [-0.1, -0.05) is 18.2 Å². The van der Waals surface area contributed by atoms with Gasteiger partial charge < -0.3 is 5.32 Å². The summed E-state index contributed by atoms with van der Waals surface area (Å²) < 4.78 is 38.3. The Hall–Kier alpha value is -1.54. The van der Waals surface area contributed by atoms with Crippen molar-refractivity contribution >= 4 is 0 Å². The molecule has 0 saturated heterocycles. The van der Waals surface area contributed by atoms with Crippen LogP contribution in [-0.2, 0) is 6.18 Å². The molecule has 1 atom stereocenters. The van der Waals surface area contributed by atoms with Crippen molar-refractivity contribution in [1.82, 2.24) is 5.32 Å². The summed E-state index contributed by atoms with van der Waals surface area (Å²) in [5.74, 6) is 0. The molecule has 0 aliphatic carbocycles. The first-order valence-electron chi connectivity index (χ1n) is 5.73. The van der Waals surface area contributed by atoms with E-state index in [-0.39, 0.29) is 11.6 Å². The summed E-state index contributed by atoms with van der Waals surface area (Å²) in [6.45, 7) is 2.22. The summed E-state index contributed by atoms with van der Waals surface area (Å²) >= 11 is 0. The van der Waals surface area contributed by atoms with Gasteiger partial charge in [-0.05, 0) is 31.5 Å². The highest BCUT2D eigenvalue weighted by molar-refractivity contribution is 5.31. The molecule has 0 bridgehead atoms. The fourth-order valence-corrected chi connectivity index (χ4v) is 1.73. The minimum atomic E-state index is -4.33. The summed E-state index contributed by atoms with van der Waals surface area (Å²) in [5, 5.41) is 11.4. The van der Waals surface area contributed by atoms with Crippen molar-refractivity contribution in [2.45, 2.75) is 32.0 Å². The van der Waals surface area contributed by atoms with E-state index in [2.05, 4.69) is 5.32 Å². The number of benzene rings is 1. The van der Waals surface area contributed by atoms with Crippen LogP contribution in [0.15, 0.2) is 24.3 Å². The van der Waals surface area contributed by atoms with Crippen LogP contribution < -0.4 is 5.32 Å². The summed E-state index contributed by atoms with van der Waals surface area (Å²) in [5.41, 5.74) is -0.368. The topological polar surface area (TPSA) is 35.8 Å². The van der Waals surface area contributed by atoms with Gasteiger partial charge in [-0.25, -0.2) is 0 Å². The number of unbranched alkanes of at least 4 members (excludes halogenated alkanes) is 1. The van der Waals surface area contributed by atoms with Crippen LogP contribution in [0, 0.1) is 11.3 Å². The van der Waals surface area contributed by atoms with Crippen LogP contribution in [0.4, 0.5) is 13.2 Å². The zero-order valence-electron chi connectivity index (χ0n) is 10.1. The third-order valence-corrected chi connectivity index (χ3v) is 2.65. The summed E-state index contributed by atoms with van der Waals surface area (Å²) in [6, 6.07) is 7.15. The van der Waals surface area contributed by atoms with Crippen LogP contribution in [0.1, 0.15) is 36.9 Å². The highest BCUT2D eigenvalue weighted by Gasteiger charge is 2.33. The van der Waals surface area contributed by atoms with Crippen LogP contribution in [0.3, 0.4) is 0 Å². The molecule has 0 aliphatic rings. The van der Waals surface area contributed by atoms with Gasteiger partial charge in [0.05, 0.1) is 11.6 Å². The number of nitriles is 1. The Labute approximate surface area is 104 Å². The number of halogens is 3. The molecule has 1 N–H and O–H groups in total. The molecule has 1 aromatic rings. The summed E-state index contributed by atoms with van der Waals surface area (Å²) in [6.07, 6.45) is -3.30. The fourth-order valence-electron chi connectivity index (χ4n) is 1.73. The van der Waals surface area contributed by atoms with Crippen LogP contribution in [0.2, 0.25) is 0 Å². The molecule has 0 fully saturated rings. The number of rotatable bonds is 5. The normalized spacial score (nSPS) is 13.1. The van der Waals surface area contributed by atoms with Gasteiger partial charge >= 0.3 is 6.18 Å². The number of nitrogens with zero attached hydrogens (tertiary/aromatic N) is 1. The molecule has 0 spiro atoms. The van der Waals surface area contributed by atoms with Crippen molar-refractivity contribution in [3.8, 4) is 6.07 Å². The number of hydrogen-bond acceptors (Lipinski definition) is 2. The van der Waals surface area contributed by atoms with Gasteiger partial charge in [0.15, 0.2) is 0 Å². The zero-order chi connectivity index (χ0) is 13.6. The fraction of sp³-hybridized carbons (Fsp3) is 0.462. The van der Waals surface area contributed by atoms with Crippen molar-refractivity contribution in [2.24, 2.45) is 0 Å². The van der Waals surface area contributed by atoms with Gasteiger partial charge in [0, 0.05) is 12.5 Å². The van der Waals surface area contributed by atoms with E-state index in [1.165, 1.54) is 12.1 Å². The molecular formula is C13H15F3N2. The molecule has 0 radical (unpaired) electrons. The van der Waals surface area contributed by atoms with Crippen molar-refractivity contribution in [3.05, 3.63) is 35.4 Å². The van der Waals surface area contributed by atoms with E-state index < -0.39 is 11.7 Å². The highest BCUT2D eigenvalue weighted by Crippen LogP contribution is 2.34. The lowest BCUT2D eigenvalue weighted by molar-refractivity contribution is -0.138. The van der Waals surface area contributed by atoms with Crippen LogP contribution >= 0.6 is 0 Å². The van der Waals surface area contributed by atoms with Crippen LogP contribution in [0.25, 0.3) is 0 Å². The van der Waals surface area contributed by atoms with Crippen molar-refractivity contribution < 1.29 is 13.2 Å². The molecule has 1 rings (SSSR count). The van der Waals surface area contributed by atoms with Crippen LogP contribution in [-0.4, -0.2) is 6.54 Å². The molecule has 1 aromatic carbocycles. The maximum Gasteiger partial charge on any atom is 0.416 e. The third-order valence-electron chi connectivity index (χ3n) is 2.65. The lowest BCUT2D eigenvalue weighted by Crippen LogP contribution is -2.22. The lowest BCUT2D eigenvalue weighted by atomic mass is 10.0. The quantitative estimate of drug-likeness (QED) is 0.816. The van der Waals surface area contributed by atoms with Crippen molar-refractivity contribution in [1.29, 1.82) is 5.26 Å². The monoisotopic (exact) mass is 256 g/mol. The van der Waals surface area contributed by atoms with Crippen molar-refractivity contribution in [3.63, 3.8) is 0 Å². The smallest absolute Gasteiger partial charge is 0.310 e. The maximum absolute atomic E-state index is 12.8. The van der Waals surface area contributed by atoms with E-state index in [9.17, 15) is 13.2 Å². The van der Waals surface area contributed by atoms with Gasteiger partial charge in [-0.2, -0.15) is 18.4 Å². The average molecular weight is 256 g/mol. The van der Waals surface area contributed by atoms with E-state index in [4.69, 9.17) is 5.26 Å². The van der Waals surface area contributed by atoms with Gasteiger partial charge in [0.1, 0.15) is 0 Å². The summed E-state index contributed by atoms with van der Waals surface area (Å²) in [7, 11) is 0. The SMILES string of the molecule is C[C@H](NCCCC#N)c1ccccc1C(F)(F)F. The molecule has 0 aliphatic heterocycles. The predicted molar refractivity (Wildman–Crippen MR) is 62.7 cm³/mol. The van der Waals surface area contributed by atoms with E-state index in [1.807, 2.05) is 6.07 Å². The maximum atomic E-state index is 12.8. The molecule has 5 heteroatoms. The van der Waals surface area contributed by atoms with Crippen molar-refractivity contribution in [2.75, 3.05) is 6.54 Å². The third kappa shape index (κ3) is 4.04. The summed E-state index contributed by atoms with van der Waals surface area (Å²) in [4.78, 5) is 0. The minimum absolute atomic E-state index is 0.238. The van der Waals surface area contributed by atoms with E-state index in [1.54, 1.807) is 13.0 Å². The second kappa shape index (κ2) is 6.41. The first-order valence-corrected chi connectivity index (χ1v) is 5.73.